The summed E-state index contributed by atoms with van der Waals surface area (Å²) in [5.41, 5.74) is 0. The molecule has 0 radical (unpaired) electrons. The Labute approximate surface area is 145 Å². The number of rotatable bonds is 10. The van der Waals surface area contributed by atoms with E-state index >= 15 is 0 Å². The fourth-order valence-corrected chi connectivity index (χ4v) is 21.4. The molecule has 0 bridgehead atoms. The number of unbranched alkanes of at least 4 members (excludes halogenated alkanes) is 2. The molecule has 0 aliphatic carbocycles. The first-order valence-corrected chi connectivity index (χ1v) is 22.4. The van der Waals surface area contributed by atoms with E-state index in [9.17, 15) is 0 Å². The van der Waals surface area contributed by atoms with E-state index in [0.717, 1.165) is 0 Å². The molecule has 134 valence electrons. The molecule has 0 aromatic carbocycles. The molecule has 0 fully saturated rings. The highest BCUT2D eigenvalue weighted by molar-refractivity contribution is 6.89. The summed E-state index contributed by atoms with van der Waals surface area (Å²) in [6.45, 7) is 28.1. The quantitative estimate of drug-likeness (QED) is 0.332. The van der Waals surface area contributed by atoms with E-state index in [1.165, 1.54) is 31.9 Å². The first-order valence-electron chi connectivity index (χ1n) is 9.03. The number of hydrogen-bond acceptors (Lipinski definition) is 2. The van der Waals surface area contributed by atoms with Crippen molar-refractivity contribution < 1.29 is 4.12 Å². The molecule has 22 heavy (non-hydrogen) atoms. The van der Waals surface area contributed by atoms with Crippen LogP contribution in [-0.2, 0) is 4.12 Å². The van der Waals surface area contributed by atoms with Gasteiger partial charge in [0.25, 0.3) is 0 Å². The lowest BCUT2D eigenvalue weighted by molar-refractivity contribution is 0.527. The normalized spacial score (nSPS) is 14.7. The number of hydrogen-bond donors (Lipinski definition) is 0. The van der Waals surface area contributed by atoms with Crippen molar-refractivity contribution in [3.8, 4) is 0 Å². The third-order valence-corrected chi connectivity index (χ3v) is 17.8. The van der Waals surface area contributed by atoms with Crippen molar-refractivity contribution in [2.24, 2.45) is 0 Å². The van der Waals surface area contributed by atoms with Gasteiger partial charge in [0, 0.05) is 0 Å². The highest BCUT2D eigenvalue weighted by atomic mass is 28.4. The highest BCUT2D eigenvalue weighted by Gasteiger charge is 2.33. The monoisotopic (exact) mass is 377 g/mol. The van der Waals surface area contributed by atoms with Gasteiger partial charge in [0.05, 0.1) is 0 Å². The Hall–Kier alpha value is 0.788. The lowest BCUT2D eigenvalue weighted by Crippen LogP contribution is -2.59. The third kappa shape index (κ3) is 10.5. The largest absolute Gasteiger partial charge is 0.456 e. The molecule has 0 amide bonds. The molecule has 0 saturated carbocycles. The second kappa shape index (κ2) is 8.25. The van der Waals surface area contributed by atoms with Crippen LogP contribution in [0.4, 0.5) is 0 Å². The Morgan fingerprint density at radius 1 is 0.636 bits per heavy atom. The zero-order valence-electron chi connectivity index (χ0n) is 17.4. The first kappa shape index (κ1) is 22.8. The maximum atomic E-state index is 6.44. The van der Waals surface area contributed by atoms with Crippen molar-refractivity contribution in [3.05, 3.63) is 0 Å². The summed E-state index contributed by atoms with van der Waals surface area (Å²) in [6.07, 6.45) is 4.10. The molecular weight excluding hydrogens is 335 g/mol. The zero-order valence-corrected chi connectivity index (χ0v) is 21.4. The lowest BCUT2D eigenvalue weighted by atomic mass is 10.2. The van der Waals surface area contributed by atoms with E-state index in [1.54, 1.807) is 0 Å². The summed E-state index contributed by atoms with van der Waals surface area (Å²) in [7, 11) is -5.12. The minimum atomic E-state index is -1.42. The zero-order chi connectivity index (χ0) is 17.8. The molecule has 0 aliphatic rings. The molecule has 0 rings (SSSR count). The van der Waals surface area contributed by atoms with E-state index in [4.69, 9.17) is 4.12 Å². The van der Waals surface area contributed by atoms with E-state index in [-0.39, 0.29) is 0 Å². The molecule has 0 aliphatic heterocycles. The molecule has 0 heterocycles. The van der Waals surface area contributed by atoms with Crippen molar-refractivity contribution in [2.75, 3.05) is 6.54 Å². The average Bonchev–Trinajstić information content (AvgIpc) is 2.15. The number of nitrogens with zero attached hydrogens (tertiary/aromatic N) is 1. The van der Waals surface area contributed by atoms with Crippen LogP contribution in [-0.4, -0.2) is 43.9 Å². The topological polar surface area (TPSA) is 12.5 Å². The van der Waals surface area contributed by atoms with Crippen LogP contribution >= 0.6 is 0 Å². The molecular formula is C16H43NOSi4. The lowest BCUT2D eigenvalue weighted by Gasteiger charge is -2.43. The van der Waals surface area contributed by atoms with Gasteiger partial charge in [-0.1, -0.05) is 52.1 Å². The van der Waals surface area contributed by atoms with E-state index < -0.39 is 33.1 Å². The molecule has 0 aromatic rings. The Balaban J connectivity index is 4.22. The summed E-state index contributed by atoms with van der Waals surface area (Å²) in [4.78, 5) is 0. The van der Waals surface area contributed by atoms with Crippen LogP contribution in [0.5, 0.6) is 0 Å². The summed E-state index contributed by atoms with van der Waals surface area (Å²) in [5.74, 6) is 0. The van der Waals surface area contributed by atoms with Gasteiger partial charge in [-0.3, -0.25) is 0 Å². The van der Waals surface area contributed by atoms with Crippen LogP contribution in [0, 0.1) is 0 Å². The molecule has 0 aromatic heterocycles. The Bertz CT molecular complexity index is 313. The van der Waals surface area contributed by atoms with Gasteiger partial charge < -0.3 is 8.35 Å². The van der Waals surface area contributed by atoms with E-state index in [2.05, 4.69) is 76.2 Å². The molecule has 0 unspecified atom stereocenters. The molecule has 0 saturated heterocycles. The van der Waals surface area contributed by atoms with Crippen LogP contribution in [0.1, 0.15) is 19.3 Å². The van der Waals surface area contributed by atoms with Crippen molar-refractivity contribution in [3.63, 3.8) is 0 Å². The Morgan fingerprint density at radius 2 is 1.09 bits per heavy atom. The fraction of sp³-hybridized carbons (Fsp3) is 1.00. The van der Waals surface area contributed by atoms with Crippen LogP contribution in [0.2, 0.25) is 78.1 Å². The maximum Gasteiger partial charge on any atom is 0.173 e. The van der Waals surface area contributed by atoms with Gasteiger partial charge in [-0.25, -0.2) is 0 Å². The summed E-state index contributed by atoms with van der Waals surface area (Å²) in [6, 6.07) is 1.33. The predicted octanol–water partition coefficient (Wildman–Crippen LogP) is 6.19. The molecule has 0 atom stereocenters. The average molecular weight is 378 g/mol. The maximum absolute atomic E-state index is 6.44. The predicted molar refractivity (Wildman–Crippen MR) is 114 cm³/mol. The standard InChI is InChI=1S/C16H43NOSi4/c1-19(2,3)17(20(4,5)6)15-13-12-14-16-22(10,11)18-21(7,8)9/h12-16H2,1-11H3. The Morgan fingerprint density at radius 3 is 1.45 bits per heavy atom. The van der Waals surface area contributed by atoms with Gasteiger partial charge in [0.15, 0.2) is 16.6 Å². The van der Waals surface area contributed by atoms with Crippen molar-refractivity contribution >= 4 is 33.1 Å². The van der Waals surface area contributed by atoms with Gasteiger partial charge in [-0.05, 0) is 51.7 Å². The van der Waals surface area contributed by atoms with Crippen LogP contribution in [0.15, 0.2) is 0 Å². The minimum absolute atomic E-state index is 1.17. The van der Waals surface area contributed by atoms with E-state index in [1.807, 2.05) is 0 Å². The molecule has 0 N–H and O–H groups in total. The van der Waals surface area contributed by atoms with Gasteiger partial charge in [-0.2, -0.15) is 0 Å². The second-order valence-electron chi connectivity index (χ2n) is 10.3. The van der Waals surface area contributed by atoms with E-state index in [0.29, 0.717) is 0 Å². The van der Waals surface area contributed by atoms with Crippen molar-refractivity contribution in [1.29, 1.82) is 0 Å². The third-order valence-electron chi connectivity index (χ3n) is 3.86. The van der Waals surface area contributed by atoms with Gasteiger partial charge in [0.1, 0.15) is 16.5 Å². The van der Waals surface area contributed by atoms with Gasteiger partial charge in [0.2, 0.25) is 0 Å². The highest BCUT2D eigenvalue weighted by Crippen LogP contribution is 2.23. The first-order chi connectivity index (χ1) is 9.55. The second-order valence-corrected chi connectivity index (χ2v) is 29.5. The van der Waals surface area contributed by atoms with Crippen LogP contribution < -0.4 is 0 Å². The fourth-order valence-electron chi connectivity index (χ4n) is 3.55. The van der Waals surface area contributed by atoms with Crippen LogP contribution in [0.25, 0.3) is 0 Å². The summed E-state index contributed by atoms with van der Waals surface area (Å²) < 4.78 is 9.36. The van der Waals surface area contributed by atoms with Gasteiger partial charge in [-0.15, -0.1) is 0 Å². The smallest absolute Gasteiger partial charge is 0.173 e. The molecule has 0 spiro atoms. The minimum Gasteiger partial charge on any atom is -0.456 e. The molecule has 6 heteroatoms. The SMILES string of the molecule is C[Si](C)(C)O[Si](C)(C)CCCCCN([Si](C)(C)C)[Si](C)(C)C. The van der Waals surface area contributed by atoms with Crippen molar-refractivity contribution in [2.45, 2.75) is 97.3 Å². The summed E-state index contributed by atoms with van der Waals surface area (Å²) >= 11 is 0. The van der Waals surface area contributed by atoms with Gasteiger partial charge >= 0.3 is 0 Å². The van der Waals surface area contributed by atoms with Crippen molar-refractivity contribution in [1.82, 2.24) is 4.23 Å². The Kier molecular flexibility index (Phi) is 8.54. The molecule has 2 nitrogen and oxygen atoms in total. The van der Waals surface area contributed by atoms with Crippen LogP contribution in [0.3, 0.4) is 0 Å². The summed E-state index contributed by atoms with van der Waals surface area (Å²) in [5, 5.41) is 0.